The Bertz CT molecular complexity index is 2280. The average molecular weight is 789 g/mol. The molecule has 292 valence electrons. The molecule has 0 amide bonds. The molecule has 20 heteroatoms. The minimum Gasteiger partial charge on any atom is -0.619 e. The number of carboxylic acids is 2. The third-order valence-electron chi connectivity index (χ3n) is 7.23. The Labute approximate surface area is 325 Å². The summed E-state index contributed by atoms with van der Waals surface area (Å²) in [5.41, 5.74) is 2.81. The number of benzene rings is 2. The second-order valence-electron chi connectivity index (χ2n) is 11.3. The summed E-state index contributed by atoms with van der Waals surface area (Å²) < 4.78 is 13.7. The summed E-state index contributed by atoms with van der Waals surface area (Å²) in [6.45, 7) is 0. The summed E-state index contributed by atoms with van der Waals surface area (Å²) in [5.74, 6) is -0.862. The van der Waals surface area contributed by atoms with E-state index >= 15 is 0 Å². The van der Waals surface area contributed by atoms with E-state index in [1.54, 1.807) is 48.5 Å². The maximum Gasteiger partial charge on any atom is 0.335 e. The first-order valence-corrected chi connectivity index (χ1v) is 16.3. The van der Waals surface area contributed by atoms with Gasteiger partial charge in [-0.3, -0.25) is 0 Å². The topological polar surface area (TPSA) is 301 Å². The molecule has 58 heavy (non-hydrogen) atoms. The maximum absolute atomic E-state index is 10.9. The van der Waals surface area contributed by atoms with Gasteiger partial charge in [-0.05, 0) is 36.4 Å². The minimum atomic E-state index is -1.03. The molecule has 4 N–H and O–H groups in total. The van der Waals surface area contributed by atoms with E-state index in [0.717, 1.165) is 0 Å². The average Bonchev–Trinajstić information content (AvgIpc) is 3.92. The second kappa shape index (κ2) is 18.9. The molecule has 0 fully saturated rings. The van der Waals surface area contributed by atoms with Crippen LogP contribution in [-0.2, 0) is 0 Å². The van der Waals surface area contributed by atoms with Crippen molar-refractivity contribution in [3.05, 3.63) is 179 Å². The van der Waals surface area contributed by atoms with Gasteiger partial charge >= 0.3 is 11.9 Å². The summed E-state index contributed by atoms with van der Waals surface area (Å²) in [6, 6.07) is 23.7. The second-order valence-corrected chi connectivity index (χ2v) is 11.3. The summed E-state index contributed by atoms with van der Waals surface area (Å²) in [5, 5.41) is 93.7. The molecule has 0 aliphatic carbocycles. The van der Waals surface area contributed by atoms with Crippen LogP contribution in [-0.4, -0.2) is 52.8 Å². The number of phenols is 2. The molecule has 20 nitrogen and oxygen atoms in total. The van der Waals surface area contributed by atoms with Crippen molar-refractivity contribution < 1.29 is 57.8 Å². The molecule has 0 spiro atoms. The van der Waals surface area contributed by atoms with Crippen LogP contribution in [0.4, 0.5) is 0 Å². The Morgan fingerprint density at radius 2 is 0.672 bits per heavy atom. The number of aromatic carboxylic acids is 2. The molecular formula is C38H28N8O12. The first-order valence-electron chi connectivity index (χ1n) is 16.3. The minimum absolute atomic E-state index is 0.0279. The van der Waals surface area contributed by atoms with Gasteiger partial charge in [-0.2, -0.15) is 18.9 Å². The number of carboxylic acid groups (broad SMARTS) is 2. The first kappa shape index (κ1) is 40.2. The van der Waals surface area contributed by atoms with Crippen LogP contribution in [0.3, 0.4) is 0 Å². The molecule has 2 aromatic carbocycles. The summed E-state index contributed by atoms with van der Waals surface area (Å²) in [6.07, 6.45) is 10.8. The number of pyridine rings is 4. The van der Waals surface area contributed by atoms with E-state index in [2.05, 4.69) is 20.4 Å². The van der Waals surface area contributed by atoms with Gasteiger partial charge in [-0.25, -0.2) is 9.59 Å². The lowest BCUT2D eigenvalue weighted by atomic mass is 10.2. The molecule has 0 saturated carbocycles. The molecule has 6 aromatic heterocycles. The Kier molecular flexibility index (Phi) is 13.1. The van der Waals surface area contributed by atoms with E-state index in [-0.39, 0.29) is 22.6 Å². The molecule has 0 saturated heterocycles. The van der Waals surface area contributed by atoms with Gasteiger partial charge in [0.15, 0.2) is 49.6 Å². The highest BCUT2D eigenvalue weighted by Crippen LogP contribution is 2.23. The molecule has 0 radical (unpaired) electrons. The van der Waals surface area contributed by atoms with Crippen LogP contribution >= 0.6 is 0 Å². The van der Waals surface area contributed by atoms with Crippen LogP contribution in [0.1, 0.15) is 20.7 Å². The summed E-state index contributed by atoms with van der Waals surface area (Å²) in [7, 11) is 0. The molecule has 8 aromatic rings. The zero-order valence-corrected chi connectivity index (χ0v) is 29.5. The number of hydrogen-bond donors (Lipinski definition) is 4. The number of aromatic nitrogens is 8. The number of carbonyl (C=O) groups is 2. The number of phenolic OH excluding ortho intramolecular Hbond substituents is 2. The largest absolute Gasteiger partial charge is 0.619 e. The van der Waals surface area contributed by atoms with Crippen molar-refractivity contribution >= 4 is 11.9 Å². The normalized spacial score (nSPS) is 10.1. The molecule has 8 rings (SSSR count). The van der Waals surface area contributed by atoms with E-state index in [1.165, 1.54) is 98.1 Å². The van der Waals surface area contributed by atoms with Crippen LogP contribution in [0.2, 0.25) is 0 Å². The SMILES string of the molecule is O=C(O)c1cccc(O)c1.O=C(O)c1cccc(O)c1.[O-][n+]1ccc(-c2nnc(-c3cc[n+]([O-])cc3)o2)cc1.[O-][n+]1ccc(-c2nnc(-c3cc[n+]([O-])cc3)o2)cc1. The van der Waals surface area contributed by atoms with Gasteiger partial charge in [0, 0.05) is 48.5 Å². The lowest BCUT2D eigenvalue weighted by Gasteiger charge is -1.96. The van der Waals surface area contributed by atoms with Gasteiger partial charge < -0.3 is 50.1 Å². The zero-order valence-electron chi connectivity index (χ0n) is 29.5. The fraction of sp³-hybridized carbons (Fsp3) is 0. The summed E-state index contributed by atoms with van der Waals surface area (Å²) in [4.78, 5) is 20.5. The van der Waals surface area contributed by atoms with Crippen molar-refractivity contribution in [3.63, 3.8) is 0 Å². The predicted octanol–water partition coefficient (Wildman–Crippen LogP) is 3.52. The number of aromatic hydroxyl groups is 2. The van der Waals surface area contributed by atoms with Crippen molar-refractivity contribution in [2.24, 2.45) is 0 Å². The van der Waals surface area contributed by atoms with E-state index in [1.807, 2.05) is 0 Å². The molecular weight excluding hydrogens is 760 g/mol. The van der Waals surface area contributed by atoms with Crippen LogP contribution in [0, 0.1) is 20.8 Å². The van der Waals surface area contributed by atoms with E-state index in [4.69, 9.17) is 29.3 Å². The highest BCUT2D eigenvalue weighted by Gasteiger charge is 2.13. The number of nitrogens with zero attached hydrogens (tertiary/aromatic N) is 8. The van der Waals surface area contributed by atoms with Crippen molar-refractivity contribution in [2.45, 2.75) is 0 Å². The Morgan fingerprint density at radius 1 is 0.431 bits per heavy atom. The smallest absolute Gasteiger partial charge is 0.335 e. The lowest BCUT2D eigenvalue weighted by molar-refractivity contribution is -0.605. The zero-order chi connectivity index (χ0) is 41.6. The van der Waals surface area contributed by atoms with Crippen LogP contribution in [0.15, 0.2) is 155 Å². The Hall–Kier alpha value is -8.94. The maximum atomic E-state index is 10.9. The molecule has 0 aliphatic rings. The highest BCUT2D eigenvalue weighted by atomic mass is 16.5. The van der Waals surface area contributed by atoms with E-state index < -0.39 is 11.9 Å². The molecule has 0 bridgehead atoms. The third-order valence-corrected chi connectivity index (χ3v) is 7.23. The number of rotatable bonds is 6. The first-order chi connectivity index (χ1) is 27.8. The fourth-order valence-corrected chi connectivity index (χ4v) is 4.41. The predicted molar refractivity (Wildman–Crippen MR) is 196 cm³/mol. The van der Waals surface area contributed by atoms with Crippen molar-refractivity contribution in [2.75, 3.05) is 0 Å². The van der Waals surface area contributed by atoms with Gasteiger partial charge in [0.25, 0.3) is 0 Å². The quantitative estimate of drug-likeness (QED) is 0.138. The van der Waals surface area contributed by atoms with E-state index in [9.17, 15) is 30.4 Å². The van der Waals surface area contributed by atoms with Crippen LogP contribution in [0.25, 0.3) is 45.8 Å². The van der Waals surface area contributed by atoms with Gasteiger partial charge in [0.05, 0.1) is 33.4 Å². The van der Waals surface area contributed by atoms with Gasteiger partial charge in [0.2, 0.25) is 23.6 Å². The van der Waals surface area contributed by atoms with Crippen molar-refractivity contribution in [1.82, 2.24) is 20.4 Å². The van der Waals surface area contributed by atoms with Crippen LogP contribution < -0.4 is 18.9 Å². The third kappa shape index (κ3) is 11.5. The fourth-order valence-electron chi connectivity index (χ4n) is 4.41. The van der Waals surface area contributed by atoms with Crippen LogP contribution in [0.5, 0.6) is 11.5 Å². The molecule has 0 unspecified atom stereocenters. The molecule has 0 atom stereocenters. The number of hydrogen-bond acceptors (Lipinski definition) is 14. The van der Waals surface area contributed by atoms with Gasteiger partial charge in [-0.1, -0.05) is 12.1 Å². The lowest BCUT2D eigenvalue weighted by Crippen LogP contribution is -2.23. The Morgan fingerprint density at radius 3 is 0.862 bits per heavy atom. The summed E-state index contributed by atoms with van der Waals surface area (Å²) >= 11 is 0. The highest BCUT2D eigenvalue weighted by molar-refractivity contribution is 5.88. The van der Waals surface area contributed by atoms with Crippen molar-refractivity contribution in [3.8, 4) is 57.3 Å². The van der Waals surface area contributed by atoms with E-state index in [0.29, 0.717) is 64.7 Å². The standard InChI is InChI=1S/2C12H8N4O3.2C7H6O3/c2*17-15-5-1-9(2-6-15)11-13-14-12(19-11)10-3-7-16(18)8-4-10;2*8-6-3-1-2-5(4-6)7(9)10/h2*1-8H;2*1-4,8H,(H,9,10). The van der Waals surface area contributed by atoms with Crippen molar-refractivity contribution in [1.29, 1.82) is 0 Å². The monoisotopic (exact) mass is 788 g/mol. The van der Waals surface area contributed by atoms with Gasteiger partial charge in [-0.15, -0.1) is 20.4 Å². The van der Waals surface area contributed by atoms with Gasteiger partial charge in [0.1, 0.15) is 11.5 Å². The molecule has 0 aliphatic heterocycles. The Balaban J connectivity index is 0.000000154. The molecule has 6 heterocycles.